The summed E-state index contributed by atoms with van der Waals surface area (Å²) in [7, 11) is 0. The highest BCUT2D eigenvalue weighted by molar-refractivity contribution is 5.55. The lowest BCUT2D eigenvalue weighted by atomic mass is 10.1. The summed E-state index contributed by atoms with van der Waals surface area (Å²) in [4.78, 5) is 7.60. The maximum atomic E-state index is 13.4. The number of aromatic nitrogens is 2. The zero-order chi connectivity index (χ0) is 16.1. The number of hydrogen-bond donors (Lipinski definition) is 3. The zero-order valence-corrected chi connectivity index (χ0v) is 11.9. The van der Waals surface area contributed by atoms with Gasteiger partial charge in [-0.1, -0.05) is 12.1 Å². The van der Waals surface area contributed by atoms with Crippen LogP contribution in [0.1, 0.15) is 18.5 Å². The van der Waals surface area contributed by atoms with Gasteiger partial charge in [-0.05, 0) is 24.6 Å². The van der Waals surface area contributed by atoms with E-state index in [1.807, 2.05) is 19.1 Å². The molecule has 0 radical (unpaired) electrons. The van der Waals surface area contributed by atoms with Gasteiger partial charge in [-0.3, -0.25) is 0 Å². The molecule has 0 aliphatic heterocycles. The number of alkyl halides is 2. The first-order valence-corrected chi connectivity index (χ1v) is 6.63. The van der Waals surface area contributed by atoms with E-state index in [0.29, 0.717) is 5.69 Å². The minimum Gasteiger partial charge on any atom is -0.362 e. The molecule has 0 aliphatic rings. The number of rotatable bonds is 6. The fraction of sp³-hybridized carbons (Fsp3) is 0.286. The van der Waals surface area contributed by atoms with E-state index >= 15 is 0 Å². The van der Waals surface area contributed by atoms with E-state index in [4.69, 9.17) is 5.73 Å². The molecule has 4 N–H and O–H groups in total. The van der Waals surface area contributed by atoms with Gasteiger partial charge in [0.05, 0.1) is 12.7 Å². The molecule has 1 aromatic carbocycles. The topological polar surface area (TPSA) is 75.9 Å². The van der Waals surface area contributed by atoms with Crippen molar-refractivity contribution in [2.45, 2.75) is 19.4 Å². The average molecular weight is 311 g/mol. The van der Waals surface area contributed by atoms with Crippen molar-refractivity contribution in [3.63, 3.8) is 0 Å². The average Bonchev–Trinajstić information content (AvgIpc) is 2.48. The van der Waals surface area contributed by atoms with Crippen LogP contribution in [0.15, 0.2) is 30.5 Å². The molecule has 0 aliphatic carbocycles. The molecular weight excluding hydrogens is 295 g/mol. The molecule has 1 unspecified atom stereocenters. The van der Waals surface area contributed by atoms with Gasteiger partial charge in [-0.25, -0.2) is 18.2 Å². The third-order valence-corrected chi connectivity index (χ3v) is 2.86. The second-order valence-corrected chi connectivity index (χ2v) is 4.70. The van der Waals surface area contributed by atoms with Crippen LogP contribution in [0.25, 0.3) is 0 Å². The molecule has 118 valence electrons. The normalized spacial score (nSPS) is 12.3. The number of nitrogens with zero attached hydrogens (tertiary/aromatic N) is 2. The van der Waals surface area contributed by atoms with Crippen molar-refractivity contribution in [2.75, 3.05) is 17.2 Å². The molecule has 0 fully saturated rings. The van der Waals surface area contributed by atoms with Crippen LogP contribution in [0.2, 0.25) is 0 Å². The molecular formula is C14H16F3N5. The molecule has 1 aromatic heterocycles. The minimum atomic E-state index is -2.60. The molecule has 5 nitrogen and oxygen atoms in total. The lowest BCUT2D eigenvalue weighted by molar-refractivity contribution is 0.163. The van der Waals surface area contributed by atoms with Gasteiger partial charge in [0.15, 0.2) is 11.6 Å². The van der Waals surface area contributed by atoms with Crippen LogP contribution < -0.4 is 16.4 Å². The molecule has 2 rings (SSSR count). The first kappa shape index (κ1) is 16.0. The van der Waals surface area contributed by atoms with Crippen molar-refractivity contribution in [2.24, 2.45) is 5.73 Å². The summed E-state index contributed by atoms with van der Waals surface area (Å²) in [6.45, 7) is 1.18. The highest BCUT2D eigenvalue weighted by Crippen LogP contribution is 2.19. The first-order valence-electron chi connectivity index (χ1n) is 6.63. The second kappa shape index (κ2) is 7.08. The summed E-state index contributed by atoms with van der Waals surface area (Å²) >= 11 is 0. The molecule has 2 aromatic rings. The number of hydrogen-bond acceptors (Lipinski definition) is 5. The van der Waals surface area contributed by atoms with Gasteiger partial charge in [0.25, 0.3) is 6.43 Å². The summed E-state index contributed by atoms with van der Waals surface area (Å²) < 4.78 is 37.7. The largest absolute Gasteiger partial charge is 0.362 e. The van der Waals surface area contributed by atoms with Crippen LogP contribution in [0.4, 0.5) is 30.6 Å². The van der Waals surface area contributed by atoms with E-state index < -0.39 is 18.8 Å². The maximum absolute atomic E-state index is 13.4. The third-order valence-electron chi connectivity index (χ3n) is 2.86. The van der Waals surface area contributed by atoms with E-state index in [-0.39, 0.29) is 17.8 Å². The Morgan fingerprint density at radius 2 is 1.91 bits per heavy atom. The number of benzene rings is 1. The smallest absolute Gasteiger partial charge is 0.255 e. The predicted molar refractivity (Wildman–Crippen MR) is 78.8 cm³/mol. The Morgan fingerprint density at radius 1 is 1.23 bits per heavy atom. The quantitative estimate of drug-likeness (QED) is 0.764. The molecule has 0 saturated heterocycles. The van der Waals surface area contributed by atoms with Gasteiger partial charge < -0.3 is 16.4 Å². The molecule has 0 bridgehead atoms. The summed E-state index contributed by atoms with van der Waals surface area (Å²) in [5.41, 5.74) is 7.39. The maximum Gasteiger partial charge on any atom is 0.255 e. The Kier molecular flexibility index (Phi) is 5.16. The van der Waals surface area contributed by atoms with Crippen LogP contribution in [0, 0.1) is 5.82 Å². The Labute approximate surface area is 125 Å². The van der Waals surface area contributed by atoms with Gasteiger partial charge in [0.1, 0.15) is 0 Å². The molecule has 1 heterocycles. The van der Waals surface area contributed by atoms with E-state index in [9.17, 15) is 13.2 Å². The number of anilines is 3. The van der Waals surface area contributed by atoms with E-state index in [1.54, 1.807) is 12.1 Å². The number of nitrogens with two attached hydrogens (primary N) is 1. The molecule has 8 heteroatoms. The van der Waals surface area contributed by atoms with Gasteiger partial charge in [-0.2, -0.15) is 4.98 Å². The van der Waals surface area contributed by atoms with E-state index in [2.05, 4.69) is 20.6 Å². The van der Waals surface area contributed by atoms with Crippen molar-refractivity contribution < 1.29 is 13.2 Å². The highest BCUT2D eigenvalue weighted by atomic mass is 19.3. The summed E-state index contributed by atoms with van der Waals surface area (Å²) in [5, 5.41) is 5.10. The van der Waals surface area contributed by atoms with Gasteiger partial charge in [0.2, 0.25) is 5.95 Å². The van der Waals surface area contributed by atoms with Crippen LogP contribution in [-0.4, -0.2) is 22.9 Å². The van der Waals surface area contributed by atoms with Crippen molar-refractivity contribution in [1.29, 1.82) is 0 Å². The summed E-state index contributed by atoms with van der Waals surface area (Å²) in [6, 6.07) is 7.15. The molecule has 0 amide bonds. The van der Waals surface area contributed by atoms with Crippen LogP contribution in [0.3, 0.4) is 0 Å². The predicted octanol–water partition coefficient (Wildman–Crippen LogP) is 3.06. The SMILES string of the molecule is CC(N)c1ccc(Nc2ncc(F)c(NCC(F)F)n2)cc1. The Balaban J connectivity index is 2.10. The molecule has 22 heavy (non-hydrogen) atoms. The van der Waals surface area contributed by atoms with E-state index in [1.165, 1.54) is 0 Å². The first-order chi connectivity index (χ1) is 10.5. The zero-order valence-electron chi connectivity index (χ0n) is 11.9. The molecule has 1 atom stereocenters. The van der Waals surface area contributed by atoms with Gasteiger partial charge in [-0.15, -0.1) is 0 Å². The lowest BCUT2D eigenvalue weighted by Crippen LogP contribution is -2.13. The van der Waals surface area contributed by atoms with Gasteiger partial charge >= 0.3 is 0 Å². The lowest BCUT2D eigenvalue weighted by Gasteiger charge is -2.10. The molecule has 0 spiro atoms. The van der Waals surface area contributed by atoms with Gasteiger partial charge in [0, 0.05) is 11.7 Å². The monoisotopic (exact) mass is 311 g/mol. The molecule has 0 saturated carbocycles. The van der Waals surface area contributed by atoms with Crippen molar-refractivity contribution in [3.05, 3.63) is 41.8 Å². The van der Waals surface area contributed by atoms with Crippen LogP contribution >= 0.6 is 0 Å². The third kappa shape index (κ3) is 4.32. The Hall–Kier alpha value is -2.35. The number of halogens is 3. The second-order valence-electron chi connectivity index (χ2n) is 4.70. The van der Waals surface area contributed by atoms with Crippen LogP contribution in [-0.2, 0) is 0 Å². The fourth-order valence-corrected chi connectivity index (χ4v) is 1.72. The van der Waals surface area contributed by atoms with Crippen molar-refractivity contribution in [1.82, 2.24) is 9.97 Å². The Morgan fingerprint density at radius 3 is 2.50 bits per heavy atom. The van der Waals surface area contributed by atoms with E-state index in [0.717, 1.165) is 11.8 Å². The van der Waals surface area contributed by atoms with Crippen molar-refractivity contribution >= 4 is 17.5 Å². The number of nitrogens with one attached hydrogen (secondary N) is 2. The minimum absolute atomic E-state index is 0.0822. The fourth-order valence-electron chi connectivity index (χ4n) is 1.72. The summed E-state index contributed by atoms with van der Waals surface area (Å²) in [6.07, 6.45) is -1.68. The highest BCUT2D eigenvalue weighted by Gasteiger charge is 2.10. The Bertz CT molecular complexity index is 616. The summed E-state index contributed by atoms with van der Waals surface area (Å²) in [5.74, 6) is -0.963. The van der Waals surface area contributed by atoms with Crippen LogP contribution in [0.5, 0.6) is 0 Å². The standard InChI is InChI=1S/C14H16F3N5/c1-8(18)9-2-4-10(5-3-9)21-14-20-6-11(15)13(22-14)19-7-12(16)17/h2-6,8,12H,7,18H2,1H3,(H2,19,20,21,22). The van der Waals surface area contributed by atoms with Crippen molar-refractivity contribution in [3.8, 4) is 0 Å².